The van der Waals surface area contributed by atoms with E-state index in [1.807, 2.05) is 13.8 Å². The van der Waals surface area contributed by atoms with Gasteiger partial charge in [0.05, 0.1) is 0 Å². The van der Waals surface area contributed by atoms with E-state index in [0.29, 0.717) is 0 Å². The van der Waals surface area contributed by atoms with Crippen molar-refractivity contribution in [1.82, 2.24) is 5.32 Å². The second-order valence-electron chi connectivity index (χ2n) is 1.73. The SMILES string of the molecule is CCC(C)NC(=O)Br. The molecule has 0 radical (unpaired) electrons. The Kier molecular flexibility index (Phi) is 3.87. The van der Waals surface area contributed by atoms with Crippen LogP contribution in [0.1, 0.15) is 20.3 Å². The van der Waals surface area contributed by atoms with Gasteiger partial charge in [-0.15, -0.1) is 0 Å². The molecular weight excluding hydrogens is 170 g/mol. The molecule has 3 heteroatoms. The van der Waals surface area contributed by atoms with E-state index in [2.05, 4.69) is 21.2 Å². The van der Waals surface area contributed by atoms with Crippen LogP contribution in [-0.2, 0) is 0 Å². The van der Waals surface area contributed by atoms with Gasteiger partial charge in [-0.2, -0.15) is 0 Å². The first-order chi connectivity index (χ1) is 3.66. The minimum Gasteiger partial charge on any atom is -0.344 e. The predicted octanol–water partition coefficient (Wildman–Crippen LogP) is 1.89. The molecule has 0 saturated heterocycles. The van der Waals surface area contributed by atoms with E-state index >= 15 is 0 Å². The number of carbonyl (C=O) groups excluding carboxylic acids is 1. The number of amides is 1. The first-order valence-electron chi connectivity index (χ1n) is 2.62. The lowest BCUT2D eigenvalue weighted by Gasteiger charge is -2.05. The first-order valence-corrected chi connectivity index (χ1v) is 3.42. The van der Waals surface area contributed by atoms with Gasteiger partial charge in [-0.25, -0.2) is 0 Å². The lowest BCUT2D eigenvalue weighted by Crippen LogP contribution is -2.26. The molecule has 0 aromatic heterocycles. The third-order valence-electron chi connectivity index (χ3n) is 0.972. The number of halogens is 1. The van der Waals surface area contributed by atoms with Crippen LogP contribution in [0.4, 0.5) is 4.79 Å². The molecule has 0 aromatic rings. The highest BCUT2D eigenvalue weighted by Crippen LogP contribution is 1.90. The average Bonchev–Trinajstić information content (AvgIpc) is 1.65. The Balaban J connectivity index is 3.24. The van der Waals surface area contributed by atoms with Crippen molar-refractivity contribution in [3.05, 3.63) is 0 Å². The summed E-state index contributed by atoms with van der Waals surface area (Å²) in [5, 5.41) is 2.67. The predicted molar refractivity (Wildman–Crippen MR) is 37.2 cm³/mol. The smallest absolute Gasteiger partial charge is 0.287 e. The summed E-state index contributed by atoms with van der Waals surface area (Å²) >= 11 is 2.77. The van der Waals surface area contributed by atoms with Crippen LogP contribution in [0.3, 0.4) is 0 Å². The molecular formula is C5H10BrNO. The van der Waals surface area contributed by atoms with Crippen LogP contribution in [0.2, 0.25) is 0 Å². The lowest BCUT2D eigenvalue weighted by molar-refractivity contribution is 0.259. The van der Waals surface area contributed by atoms with Crippen LogP contribution < -0.4 is 5.32 Å². The third kappa shape index (κ3) is 4.12. The van der Waals surface area contributed by atoms with E-state index in [1.54, 1.807) is 0 Å². The van der Waals surface area contributed by atoms with Crippen LogP contribution in [0.25, 0.3) is 0 Å². The zero-order valence-electron chi connectivity index (χ0n) is 5.07. The van der Waals surface area contributed by atoms with Gasteiger partial charge in [-0.1, -0.05) is 6.92 Å². The fourth-order valence-corrected chi connectivity index (χ4v) is 0.687. The van der Waals surface area contributed by atoms with Gasteiger partial charge in [0.2, 0.25) is 0 Å². The molecule has 48 valence electrons. The molecule has 0 spiro atoms. The van der Waals surface area contributed by atoms with Crippen molar-refractivity contribution in [2.24, 2.45) is 0 Å². The van der Waals surface area contributed by atoms with Crippen molar-refractivity contribution in [3.63, 3.8) is 0 Å². The van der Waals surface area contributed by atoms with Crippen LogP contribution >= 0.6 is 15.9 Å². The van der Waals surface area contributed by atoms with E-state index in [4.69, 9.17) is 0 Å². The second-order valence-corrected chi connectivity index (χ2v) is 2.45. The van der Waals surface area contributed by atoms with Crippen molar-refractivity contribution in [2.45, 2.75) is 26.3 Å². The summed E-state index contributed by atoms with van der Waals surface area (Å²) in [5.74, 6) is 0. The maximum absolute atomic E-state index is 10.2. The first kappa shape index (κ1) is 7.95. The molecule has 0 saturated carbocycles. The van der Waals surface area contributed by atoms with Crippen LogP contribution in [0.15, 0.2) is 0 Å². The topological polar surface area (TPSA) is 29.1 Å². The van der Waals surface area contributed by atoms with Gasteiger partial charge in [-0.3, -0.25) is 4.79 Å². The number of nitrogens with one attached hydrogen (secondary N) is 1. The summed E-state index contributed by atoms with van der Waals surface area (Å²) in [6.45, 7) is 3.98. The molecule has 1 unspecified atom stereocenters. The number of carbonyl (C=O) groups is 1. The maximum Gasteiger partial charge on any atom is 0.287 e. The molecule has 1 atom stereocenters. The molecule has 0 rings (SSSR count). The average molecular weight is 180 g/mol. The zero-order chi connectivity index (χ0) is 6.57. The van der Waals surface area contributed by atoms with E-state index in [9.17, 15) is 4.79 Å². The fourth-order valence-electron chi connectivity index (χ4n) is 0.296. The molecule has 2 nitrogen and oxygen atoms in total. The summed E-state index contributed by atoms with van der Waals surface area (Å²) in [6.07, 6.45) is 0.970. The van der Waals surface area contributed by atoms with Gasteiger partial charge in [-0.05, 0) is 13.3 Å². The van der Waals surface area contributed by atoms with E-state index < -0.39 is 0 Å². The molecule has 0 aliphatic rings. The summed E-state index contributed by atoms with van der Waals surface area (Å²) in [7, 11) is 0. The molecule has 0 aromatic carbocycles. The Morgan fingerprint density at radius 1 is 1.88 bits per heavy atom. The summed E-state index contributed by atoms with van der Waals surface area (Å²) in [6, 6.07) is 0.280. The molecule has 1 N–H and O–H groups in total. The molecule has 0 heterocycles. The Morgan fingerprint density at radius 3 is 2.50 bits per heavy atom. The highest BCUT2D eigenvalue weighted by Gasteiger charge is 1.98. The molecule has 1 amide bonds. The van der Waals surface area contributed by atoms with Crippen molar-refractivity contribution >= 4 is 20.7 Å². The van der Waals surface area contributed by atoms with E-state index in [-0.39, 0.29) is 10.9 Å². The quantitative estimate of drug-likeness (QED) is 0.510. The van der Waals surface area contributed by atoms with Gasteiger partial charge in [0.25, 0.3) is 4.82 Å². The number of hydrogen-bond acceptors (Lipinski definition) is 1. The van der Waals surface area contributed by atoms with Crippen molar-refractivity contribution < 1.29 is 4.79 Å². The Hall–Kier alpha value is -0.0500. The van der Waals surface area contributed by atoms with Crippen LogP contribution in [0.5, 0.6) is 0 Å². The normalized spacial score (nSPS) is 12.9. The molecule has 0 fully saturated rings. The van der Waals surface area contributed by atoms with Crippen LogP contribution in [-0.4, -0.2) is 10.9 Å². The van der Waals surface area contributed by atoms with Crippen molar-refractivity contribution in [1.29, 1.82) is 0 Å². The van der Waals surface area contributed by atoms with E-state index in [1.165, 1.54) is 0 Å². The molecule has 0 aliphatic carbocycles. The molecule has 0 aliphatic heterocycles. The Labute approximate surface area is 57.8 Å². The number of rotatable bonds is 2. The van der Waals surface area contributed by atoms with Gasteiger partial charge in [0, 0.05) is 22.0 Å². The summed E-state index contributed by atoms with van der Waals surface area (Å²) in [4.78, 5) is 10.1. The minimum atomic E-state index is -0.133. The second kappa shape index (κ2) is 3.89. The van der Waals surface area contributed by atoms with Gasteiger partial charge in [0.1, 0.15) is 0 Å². The Bertz CT molecular complexity index is 84.5. The highest BCUT2D eigenvalue weighted by molar-refractivity contribution is 9.18. The zero-order valence-corrected chi connectivity index (χ0v) is 6.66. The Morgan fingerprint density at radius 2 is 2.38 bits per heavy atom. The maximum atomic E-state index is 10.2. The van der Waals surface area contributed by atoms with Crippen molar-refractivity contribution in [2.75, 3.05) is 0 Å². The third-order valence-corrected chi connectivity index (χ3v) is 1.20. The van der Waals surface area contributed by atoms with E-state index in [0.717, 1.165) is 6.42 Å². The fraction of sp³-hybridized carbons (Fsp3) is 0.800. The van der Waals surface area contributed by atoms with Crippen LogP contribution in [0, 0.1) is 0 Å². The largest absolute Gasteiger partial charge is 0.344 e. The molecule has 0 bridgehead atoms. The van der Waals surface area contributed by atoms with Gasteiger partial charge in [0.15, 0.2) is 0 Å². The highest BCUT2D eigenvalue weighted by atomic mass is 79.9. The molecule has 8 heavy (non-hydrogen) atoms. The van der Waals surface area contributed by atoms with Gasteiger partial charge < -0.3 is 5.32 Å². The van der Waals surface area contributed by atoms with Crippen molar-refractivity contribution in [3.8, 4) is 0 Å². The summed E-state index contributed by atoms with van der Waals surface area (Å²) in [5.41, 5.74) is 0. The van der Waals surface area contributed by atoms with Gasteiger partial charge >= 0.3 is 0 Å². The monoisotopic (exact) mass is 179 g/mol. The number of hydrogen-bond donors (Lipinski definition) is 1. The minimum absolute atomic E-state index is 0.133. The standard InChI is InChI=1S/C5H10BrNO/c1-3-4(2)7-5(6)8/h4H,3H2,1-2H3,(H,7,8). The lowest BCUT2D eigenvalue weighted by atomic mass is 10.3. The summed E-state index contributed by atoms with van der Waals surface area (Å²) < 4.78 is 0.